The molecule has 1 heterocycles. The molecular formula is C16H21BrCl2N2O2-2. The lowest BCUT2D eigenvalue weighted by Gasteiger charge is -2.05. The molecule has 0 aliphatic rings. The van der Waals surface area contributed by atoms with E-state index in [1.807, 2.05) is 18.2 Å². The van der Waals surface area contributed by atoms with Crippen LogP contribution in [0.15, 0.2) is 39.2 Å². The first-order valence-corrected chi connectivity index (χ1v) is 7.87. The first-order valence-electron chi connectivity index (χ1n) is 7.08. The lowest BCUT2D eigenvalue weighted by atomic mass is 10.1. The Bertz CT molecular complexity index is 579. The van der Waals surface area contributed by atoms with Gasteiger partial charge >= 0.3 is 0 Å². The second kappa shape index (κ2) is 11.9. The highest BCUT2D eigenvalue weighted by Gasteiger charge is 2.07. The topological polar surface area (TPSA) is 57.4 Å². The van der Waals surface area contributed by atoms with E-state index in [0.29, 0.717) is 13.1 Å². The Balaban J connectivity index is 0.00000242. The van der Waals surface area contributed by atoms with Crippen molar-refractivity contribution in [2.75, 3.05) is 26.2 Å². The molecule has 0 radical (unpaired) electrons. The molecule has 0 amide bonds. The predicted molar refractivity (Wildman–Crippen MR) is 88.2 cm³/mol. The standard InChI is InChI=1S/C16H21BrN2O2.2ClH/c1-12-10-13(17)2-4-15(12)16-5-3-14(21-16)11-19-7-6-18-8-9-20;;/h2-5,10,18-20H,6-9,11H2,1H3;2*1H/p-2. The molecular weight excluding hydrogens is 403 g/mol. The molecule has 0 aliphatic heterocycles. The molecule has 130 valence electrons. The maximum Gasteiger partial charge on any atom is 0.134 e. The molecule has 7 heteroatoms. The van der Waals surface area contributed by atoms with E-state index in [0.717, 1.165) is 34.6 Å². The molecule has 0 saturated heterocycles. The molecule has 3 N–H and O–H groups in total. The second-order valence-electron chi connectivity index (χ2n) is 4.88. The number of rotatable bonds is 8. The van der Waals surface area contributed by atoms with Crippen molar-refractivity contribution in [3.05, 3.63) is 46.1 Å². The van der Waals surface area contributed by atoms with Gasteiger partial charge < -0.3 is 45.0 Å². The molecule has 1 aromatic heterocycles. The number of aryl methyl sites for hydroxylation is 1. The predicted octanol–water partition coefficient (Wildman–Crippen LogP) is -3.30. The van der Waals surface area contributed by atoms with Crippen LogP contribution in [0, 0.1) is 6.92 Å². The first kappa shape index (κ1) is 22.4. The van der Waals surface area contributed by atoms with Gasteiger partial charge in [-0.2, -0.15) is 0 Å². The highest BCUT2D eigenvalue weighted by atomic mass is 79.9. The zero-order valence-corrected chi connectivity index (χ0v) is 16.0. The minimum atomic E-state index is 0. The molecule has 0 bridgehead atoms. The van der Waals surface area contributed by atoms with Crippen LogP contribution in [-0.4, -0.2) is 31.3 Å². The van der Waals surface area contributed by atoms with Crippen LogP contribution in [0.25, 0.3) is 11.3 Å². The van der Waals surface area contributed by atoms with Crippen LogP contribution < -0.4 is 35.4 Å². The number of aliphatic hydroxyl groups is 1. The van der Waals surface area contributed by atoms with Crippen molar-refractivity contribution >= 4 is 15.9 Å². The molecule has 0 unspecified atom stereocenters. The van der Waals surface area contributed by atoms with Gasteiger partial charge in [-0.25, -0.2) is 0 Å². The van der Waals surface area contributed by atoms with Crippen LogP contribution in [-0.2, 0) is 6.54 Å². The largest absolute Gasteiger partial charge is 1.00 e. The lowest BCUT2D eigenvalue weighted by molar-refractivity contribution is -0.001000. The van der Waals surface area contributed by atoms with Crippen molar-refractivity contribution in [1.29, 1.82) is 0 Å². The van der Waals surface area contributed by atoms with E-state index < -0.39 is 0 Å². The molecule has 23 heavy (non-hydrogen) atoms. The van der Waals surface area contributed by atoms with Crippen molar-refractivity contribution in [3.63, 3.8) is 0 Å². The van der Waals surface area contributed by atoms with E-state index in [1.54, 1.807) is 0 Å². The van der Waals surface area contributed by atoms with Crippen LogP contribution in [0.4, 0.5) is 0 Å². The molecule has 2 rings (SSSR count). The smallest absolute Gasteiger partial charge is 0.134 e. The van der Waals surface area contributed by atoms with Crippen molar-refractivity contribution in [2.24, 2.45) is 0 Å². The molecule has 0 atom stereocenters. The molecule has 2 aromatic rings. The van der Waals surface area contributed by atoms with Gasteiger partial charge in [0.1, 0.15) is 11.5 Å². The monoisotopic (exact) mass is 422 g/mol. The lowest BCUT2D eigenvalue weighted by Crippen LogP contribution is -3.00. The summed E-state index contributed by atoms with van der Waals surface area (Å²) in [5, 5.41) is 15.1. The zero-order valence-electron chi connectivity index (χ0n) is 12.9. The number of halogens is 3. The van der Waals surface area contributed by atoms with Gasteiger partial charge in [-0.15, -0.1) is 0 Å². The van der Waals surface area contributed by atoms with Crippen molar-refractivity contribution in [3.8, 4) is 11.3 Å². The molecule has 0 spiro atoms. The maximum absolute atomic E-state index is 8.65. The van der Waals surface area contributed by atoms with E-state index in [1.165, 1.54) is 5.56 Å². The SMILES string of the molecule is Cc1cc(Br)ccc1-c1ccc(CNCCNCCO)o1.[Cl-].[Cl-]. The number of hydrogen-bond donors (Lipinski definition) is 3. The third-order valence-electron chi connectivity index (χ3n) is 3.18. The van der Waals surface area contributed by atoms with Gasteiger partial charge in [0.2, 0.25) is 0 Å². The van der Waals surface area contributed by atoms with Gasteiger partial charge in [0.25, 0.3) is 0 Å². The van der Waals surface area contributed by atoms with Crippen LogP contribution in [0.5, 0.6) is 0 Å². The summed E-state index contributed by atoms with van der Waals surface area (Å²) in [6.45, 7) is 5.26. The summed E-state index contributed by atoms with van der Waals surface area (Å²) in [6.07, 6.45) is 0. The van der Waals surface area contributed by atoms with E-state index in [-0.39, 0.29) is 31.4 Å². The Kier molecular flexibility index (Phi) is 11.6. The molecule has 0 aliphatic carbocycles. The summed E-state index contributed by atoms with van der Waals surface area (Å²) in [6, 6.07) is 10.2. The van der Waals surface area contributed by atoms with E-state index >= 15 is 0 Å². The highest BCUT2D eigenvalue weighted by molar-refractivity contribution is 9.10. The van der Waals surface area contributed by atoms with Crippen LogP contribution in [0.2, 0.25) is 0 Å². The third-order valence-corrected chi connectivity index (χ3v) is 3.68. The number of furan rings is 1. The van der Waals surface area contributed by atoms with Gasteiger partial charge in [-0.1, -0.05) is 15.9 Å². The fourth-order valence-corrected chi connectivity index (χ4v) is 2.59. The Hall–Kier alpha value is -0.560. The van der Waals surface area contributed by atoms with Gasteiger partial charge in [0.15, 0.2) is 0 Å². The average molecular weight is 424 g/mol. The minimum Gasteiger partial charge on any atom is -1.00 e. The summed E-state index contributed by atoms with van der Waals surface area (Å²) in [5.74, 6) is 1.82. The van der Waals surface area contributed by atoms with Crippen LogP contribution in [0.1, 0.15) is 11.3 Å². The Morgan fingerprint density at radius 2 is 1.78 bits per heavy atom. The molecule has 0 saturated carbocycles. The zero-order chi connectivity index (χ0) is 15.1. The number of aliphatic hydroxyl groups excluding tert-OH is 1. The maximum atomic E-state index is 8.65. The number of nitrogens with one attached hydrogen (secondary N) is 2. The summed E-state index contributed by atoms with van der Waals surface area (Å²) < 4.78 is 6.96. The van der Waals surface area contributed by atoms with Crippen LogP contribution in [0.3, 0.4) is 0 Å². The van der Waals surface area contributed by atoms with E-state index in [4.69, 9.17) is 9.52 Å². The quantitative estimate of drug-likeness (QED) is 0.389. The number of benzene rings is 1. The molecule has 1 aromatic carbocycles. The Morgan fingerprint density at radius 3 is 2.48 bits per heavy atom. The fraction of sp³-hybridized carbons (Fsp3) is 0.375. The van der Waals surface area contributed by atoms with Crippen molar-refractivity contribution < 1.29 is 34.3 Å². The average Bonchev–Trinajstić information content (AvgIpc) is 2.91. The second-order valence-corrected chi connectivity index (χ2v) is 5.79. The normalized spacial score (nSPS) is 10.0. The van der Waals surface area contributed by atoms with Gasteiger partial charge in [-0.3, -0.25) is 0 Å². The van der Waals surface area contributed by atoms with Gasteiger partial charge in [-0.05, 0) is 42.8 Å². The Morgan fingerprint density at radius 1 is 1.04 bits per heavy atom. The number of hydrogen-bond acceptors (Lipinski definition) is 4. The molecule has 4 nitrogen and oxygen atoms in total. The fourth-order valence-electron chi connectivity index (χ4n) is 2.11. The third kappa shape index (κ3) is 7.25. The van der Waals surface area contributed by atoms with Crippen molar-refractivity contribution in [2.45, 2.75) is 13.5 Å². The van der Waals surface area contributed by atoms with Crippen LogP contribution >= 0.6 is 15.9 Å². The highest BCUT2D eigenvalue weighted by Crippen LogP contribution is 2.27. The summed E-state index contributed by atoms with van der Waals surface area (Å²) in [4.78, 5) is 0. The molecule has 0 fully saturated rings. The van der Waals surface area contributed by atoms with Gasteiger partial charge in [0, 0.05) is 29.7 Å². The summed E-state index contributed by atoms with van der Waals surface area (Å²) in [5.41, 5.74) is 2.31. The summed E-state index contributed by atoms with van der Waals surface area (Å²) >= 11 is 3.47. The van der Waals surface area contributed by atoms with Gasteiger partial charge in [0.05, 0.1) is 13.2 Å². The van der Waals surface area contributed by atoms with E-state index in [2.05, 4.69) is 45.6 Å². The minimum absolute atomic E-state index is 0. The van der Waals surface area contributed by atoms with E-state index in [9.17, 15) is 0 Å². The van der Waals surface area contributed by atoms with Crippen molar-refractivity contribution in [1.82, 2.24) is 10.6 Å². The first-order chi connectivity index (χ1) is 10.2. The Labute approximate surface area is 158 Å². The summed E-state index contributed by atoms with van der Waals surface area (Å²) in [7, 11) is 0.